The molecule has 2 unspecified atom stereocenters. The third-order valence-electron chi connectivity index (χ3n) is 6.23. The normalized spacial score (nSPS) is 23.0. The topological polar surface area (TPSA) is 69.6 Å². The summed E-state index contributed by atoms with van der Waals surface area (Å²) in [5, 5.41) is 0. The molecule has 7 heteroatoms. The summed E-state index contributed by atoms with van der Waals surface area (Å²) in [5.41, 5.74) is 2.94. The summed E-state index contributed by atoms with van der Waals surface area (Å²) < 4.78 is 18.4. The first-order valence-corrected chi connectivity index (χ1v) is 11.1. The highest BCUT2D eigenvalue weighted by Crippen LogP contribution is 2.34. The molecule has 2 fully saturated rings. The third kappa shape index (κ3) is 4.45. The Morgan fingerprint density at radius 1 is 0.938 bits per heavy atom. The van der Waals surface area contributed by atoms with E-state index in [1.54, 1.807) is 6.20 Å². The van der Waals surface area contributed by atoms with Crippen molar-refractivity contribution in [2.75, 3.05) is 26.3 Å². The Labute approximate surface area is 188 Å². The molecule has 0 N–H and O–H groups in total. The van der Waals surface area contributed by atoms with Gasteiger partial charge in [0.05, 0.1) is 24.5 Å². The molecule has 2 bridgehead atoms. The van der Waals surface area contributed by atoms with Crippen LogP contribution in [0.15, 0.2) is 55.0 Å². The number of aromatic nitrogens is 3. The average Bonchev–Trinajstić information content (AvgIpc) is 2.79. The second-order valence-electron chi connectivity index (χ2n) is 8.62. The molecule has 2 saturated heterocycles. The van der Waals surface area contributed by atoms with Crippen LogP contribution in [0, 0.1) is 25.7 Å². The second kappa shape index (κ2) is 9.22. The van der Waals surface area contributed by atoms with E-state index < -0.39 is 0 Å². The van der Waals surface area contributed by atoms with Gasteiger partial charge in [-0.05, 0) is 31.5 Å². The number of nitrogens with zero attached hydrogens (tertiary/aromatic N) is 4. The Bertz CT molecular complexity index is 1050. The zero-order valence-electron chi connectivity index (χ0n) is 18.5. The monoisotopic (exact) mass is 432 g/mol. The van der Waals surface area contributed by atoms with Crippen LogP contribution in [-0.2, 0) is 11.3 Å². The maximum atomic E-state index is 6.51. The molecule has 0 radical (unpaired) electrons. The van der Waals surface area contributed by atoms with Crippen LogP contribution in [0.1, 0.15) is 16.8 Å². The smallest absolute Gasteiger partial charge is 0.229 e. The Balaban J connectivity index is 1.30. The Morgan fingerprint density at radius 2 is 1.69 bits per heavy atom. The van der Waals surface area contributed by atoms with Crippen LogP contribution in [0.3, 0.4) is 0 Å². The molecule has 166 valence electrons. The number of fused-ring (bicyclic) bond motifs is 2. The van der Waals surface area contributed by atoms with Gasteiger partial charge in [0.1, 0.15) is 12.4 Å². The van der Waals surface area contributed by atoms with Gasteiger partial charge in [-0.2, -0.15) is 0 Å². The summed E-state index contributed by atoms with van der Waals surface area (Å²) in [6, 6.07) is 14.4. The van der Waals surface area contributed by atoms with Gasteiger partial charge in [0.2, 0.25) is 11.8 Å². The highest BCUT2D eigenvalue weighted by atomic mass is 16.5. The number of benzene rings is 1. The summed E-state index contributed by atoms with van der Waals surface area (Å²) in [4.78, 5) is 15.5. The predicted octanol–water partition coefficient (Wildman–Crippen LogP) is 3.81. The van der Waals surface area contributed by atoms with E-state index in [1.807, 2.05) is 26.0 Å². The quantitative estimate of drug-likeness (QED) is 0.587. The van der Waals surface area contributed by atoms with E-state index in [9.17, 15) is 0 Å². The van der Waals surface area contributed by atoms with Gasteiger partial charge in [-0.3, -0.25) is 9.88 Å². The van der Waals surface area contributed by atoms with E-state index in [-0.39, 0.29) is 6.10 Å². The van der Waals surface area contributed by atoms with Crippen LogP contribution in [0.4, 0.5) is 0 Å². The fraction of sp³-hybridized carbons (Fsp3) is 0.400. The number of hydrogen-bond acceptors (Lipinski definition) is 7. The van der Waals surface area contributed by atoms with Crippen molar-refractivity contribution in [2.45, 2.75) is 26.5 Å². The van der Waals surface area contributed by atoms with Crippen molar-refractivity contribution in [1.29, 1.82) is 0 Å². The molecule has 0 saturated carbocycles. The van der Waals surface area contributed by atoms with E-state index in [2.05, 4.69) is 50.2 Å². The molecule has 2 aliphatic rings. The molecular weight excluding hydrogens is 404 g/mol. The lowest BCUT2D eigenvalue weighted by atomic mass is 9.84. The molecule has 2 atom stereocenters. The lowest BCUT2D eigenvalue weighted by molar-refractivity contribution is -0.116. The Kier molecular flexibility index (Phi) is 6.01. The highest BCUT2D eigenvalue weighted by molar-refractivity contribution is 5.37. The first kappa shape index (κ1) is 20.8. The van der Waals surface area contributed by atoms with Crippen molar-refractivity contribution in [3.05, 3.63) is 71.8 Å². The van der Waals surface area contributed by atoms with Gasteiger partial charge in [0.15, 0.2) is 5.75 Å². The minimum atomic E-state index is 0.0670. The molecular formula is C25H28N4O3. The minimum absolute atomic E-state index is 0.0670. The van der Waals surface area contributed by atoms with E-state index in [0.717, 1.165) is 30.9 Å². The van der Waals surface area contributed by atoms with Crippen molar-refractivity contribution in [3.63, 3.8) is 0 Å². The van der Waals surface area contributed by atoms with Gasteiger partial charge in [-0.1, -0.05) is 30.3 Å². The fourth-order valence-corrected chi connectivity index (χ4v) is 4.61. The Morgan fingerprint density at radius 3 is 2.44 bits per heavy atom. The van der Waals surface area contributed by atoms with Gasteiger partial charge in [-0.15, -0.1) is 0 Å². The summed E-state index contributed by atoms with van der Waals surface area (Å²) >= 11 is 0. The molecule has 7 nitrogen and oxygen atoms in total. The summed E-state index contributed by atoms with van der Waals surface area (Å²) in [6.45, 7) is 8.09. The molecule has 2 aliphatic heterocycles. The van der Waals surface area contributed by atoms with E-state index in [4.69, 9.17) is 14.2 Å². The fourth-order valence-electron chi connectivity index (χ4n) is 4.61. The van der Waals surface area contributed by atoms with Crippen LogP contribution in [0.5, 0.6) is 17.5 Å². The van der Waals surface area contributed by atoms with Crippen molar-refractivity contribution in [2.24, 2.45) is 11.8 Å². The second-order valence-corrected chi connectivity index (χ2v) is 8.62. The van der Waals surface area contributed by atoms with Gasteiger partial charge in [0.25, 0.3) is 0 Å². The van der Waals surface area contributed by atoms with Gasteiger partial charge >= 0.3 is 0 Å². The number of ether oxygens (including phenoxy) is 3. The molecule has 0 amide bonds. The highest BCUT2D eigenvalue weighted by Gasteiger charge is 2.42. The molecule has 0 aliphatic carbocycles. The third-order valence-corrected chi connectivity index (χ3v) is 6.23. The number of piperidine rings is 1. The molecule has 1 aromatic carbocycles. The van der Waals surface area contributed by atoms with Gasteiger partial charge in [-0.25, -0.2) is 9.97 Å². The van der Waals surface area contributed by atoms with E-state index in [0.29, 0.717) is 42.6 Å². The molecule has 32 heavy (non-hydrogen) atoms. The molecule has 0 spiro atoms. The SMILES string of the molecule is Cc1ncccc1Oc1ncnc(OC2C3COCC2CN(Cc2ccccc2)C3)c1C. The first-order valence-electron chi connectivity index (χ1n) is 11.1. The van der Waals surface area contributed by atoms with Crippen LogP contribution in [0.2, 0.25) is 0 Å². The number of pyridine rings is 1. The van der Waals surface area contributed by atoms with Crippen molar-refractivity contribution < 1.29 is 14.2 Å². The standard InChI is InChI=1S/C25H28N4O3/c1-17-24(31-22-9-6-10-26-18(22)2)27-16-28-25(17)32-23-20-12-29(13-21(23)15-30-14-20)11-19-7-4-3-5-8-19/h3-10,16,20-21,23H,11-15H2,1-2H3. The van der Waals surface area contributed by atoms with Crippen LogP contribution < -0.4 is 9.47 Å². The van der Waals surface area contributed by atoms with Crippen molar-refractivity contribution in [1.82, 2.24) is 19.9 Å². The van der Waals surface area contributed by atoms with Gasteiger partial charge < -0.3 is 14.2 Å². The van der Waals surface area contributed by atoms with Crippen LogP contribution in [-0.4, -0.2) is 52.3 Å². The summed E-state index contributed by atoms with van der Waals surface area (Å²) in [6.07, 6.45) is 3.31. The zero-order chi connectivity index (χ0) is 21.9. The minimum Gasteiger partial charge on any atom is -0.473 e. The number of hydrogen-bond donors (Lipinski definition) is 0. The number of rotatable bonds is 6. The molecule has 3 aromatic rings. The summed E-state index contributed by atoms with van der Waals surface area (Å²) in [5.74, 6) is 2.35. The number of likely N-dealkylation sites (tertiary alicyclic amines) is 1. The molecule has 4 heterocycles. The largest absolute Gasteiger partial charge is 0.473 e. The lowest BCUT2D eigenvalue weighted by Gasteiger charge is -2.46. The van der Waals surface area contributed by atoms with Crippen molar-refractivity contribution >= 4 is 0 Å². The molecule has 2 aromatic heterocycles. The van der Waals surface area contributed by atoms with Gasteiger partial charge in [0, 0.05) is 37.7 Å². The maximum absolute atomic E-state index is 6.51. The molecule has 5 rings (SSSR count). The summed E-state index contributed by atoms with van der Waals surface area (Å²) in [7, 11) is 0. The van der Waals surface area contributed by atoms with Crippen LogP contribution in [0.25, 0.3) is 0 Å². The predicted molar refractivity (Wildman–Crippen MR) is 120 cm³/mol. The van der Waals surface area contributed by atoms with Crippen LogP contribution >= 0.6 is 0 Å². The van der Waals surface area contributed by atoms with Crippen molar-refractivity contribution in [3.8, 4) is 17.5 Å². The van der Waals surface area contributed by atoms with E-state index in [1.165, 1.54) is 11.9 Å². The lowest BCUT2D eigenvalue weighted by Crippen LogP contribution is -2.57. The Hall–Kier alpha value is -3.03. The maximum Gasteiger partial charge on any atom is 0.229 e. The zero-order valence-corrected chi connectivity index (χ0v) is 18.5. The van der Waals surface area contributed by atoms with E-state index >= 15 is 0 Å². The average molecular weight is 433 g/mol. The number of aryl methyl sites for hydroxylation is 1. The first-order chi connectivity index (χ1) is 15.7.